The first-order valence-corrected chi connectivity index (χ1v) is 7.52. The summed E-state index contributed by atoms with van der Waals surface area (Å²) in [5.41, 5.74) is 0.460. The molecule has 118 valence electrons. The van der Waals surface area contributed by atoms with Gasteiger partial charge in [-0.3, -0.25) is 9.36 Å². The molecular weight excluding hydrogens is 316 g/mol. The number of benzene rings is 2. The maximum absolute atomic E-state index is 12.3. The van der Waals surface area contributed by atoms with Crippen LogP contribution in [-0.2, 0) is 6.54 Å². The molecule has 0 aliphatic heterocycles. The molecule has 2 aromatic carbocycles. The summed E-state index contributed by atoms with van der Waals surface area (Å²) in [7, 11) is 0. The van der Waals surface area contributed by atoms with E-state index in [1.165, 1.54) is 10.9 Å². The lowest BCUT2D eigenvalue weighted by molar-refractivity contribution is 0.0915. The van der Waals surface area contributed by atoms with Crippen LogP contribution in [0.5, 0.6) is 5.75 Å². The Bertz CT molecular complexity index is 862. The first kappa shape index (κ1) is 15.5. The highest BCUT2D eigenvalue weighted by Crippen LogP contribution is 2.15. The number of rotatable bonds is 5. The summed E-state index contributed by atoms with van der Waals surface area (Å²) >= 11 is 5.80. The van der Waals surface area contributed by atoms with Gasteiger partial charge in [-0.15, -0.1) is 0 Å². The van der Waals surface area contributed by atoms with E-state index in [1.807, 2.05) is 6.07 Å². The van der Waals surface area contributed by atoms with Crippen molar-refractivity contribution in [2.75, 3.05) is 6.61 Å². The number of aromatic nitrogens is 2. The van der Waals surface area contributed by atoms with Gasteiger partial charge in [0.1, 0.15) is 18.5 Å². The molecule has 1 N–H and O–H groups in total. The highest BCUT2D eigenvalue weighted by molar-refractivity contribution is 6.30. The molecule has 3 aromatic rings. The lowest BCUT2D eigenvalue weighted by Gasteiger charge is -2.14. The molecule has 0 bridgehead atoms. The minimum absolute atomic E-state index is 0.0703. The van der Waals surface area contributed by atoms with Gasteiger partial charge in [0.05, 0.1) is 23.8 Å². The van der Waals surface area contributed by atoms with E-state index in [0.717, 1.165) is 0 Å². The zero-order valence-electron chi connectivity index (χ0n) is 12.2. The Hall–Kier alpha value is -2.37. The second kappa shape index (κ2) is 6.81. The van der Waals surface area contributed by atoms with E-state index in [2.05, 4.69) is 4.98 Å². The Labute approximate surface area is 137 Å². The van der Waals surface area contributed by atoms with Crippen LogP contribution in [-0.4, -0.2) is 27.4 Å². The lowest BCUT2D eigenvalue weighted by atomic mass is 10.2. The fourth-order valence-electron chi connectivity index (χ4n) is 2.24. The van der Waals surface area contributed by atoms with Crippen molar-refractivity contribution < 1.29 is 9.84 Å². The second-order valence-corrected chi connectivity index (χ2v) is 5.57. The summed E-state index contributed by atoms with van der Waals surface area (Å²) in [5, 5.41) is 11.2. The minimum Gasteiger partial charge on any atom is -0.491 e. The van der Waals surface area contributed by atoms with Crippen LogP contribution in [0.25, 0.3) is 10.9 Å². The van der Waals surface area contributed by atoms with Crippen molar-refractivity contribution in [3.8, 4) is 5.75 Å². The van der Waals surface area contributed by atoms with Gasteiger partial charge in [-0.1, -0.05) is 23.7 Å². The predicted octanol–water partition coefficient (Wildman–Crippen LogP) is 2.49. The number of aliphatic hydroxyl groups excluding tert-OH is 1. The number of hydrogen-bond acceptors (Lipinski definition) is 4. The summed E-state index contributed by atoms with van der Waals surface area (Å²) in [6.45, 7) is 0.186. The third-order valence-electron chi connectivity index (χ3n) is 3.39. The van der Waals surface area contributed by atoms with Gasteiger partial charge >= 0.3 is 0 Å². The normalized spacial score (nSPS) is 12.3. The van der Waals surface area contributed by atoms with Gasteiger partial charge < -0.3 is 9.84 Å². The molecule has 23 heavy (non-hydrogen) atoms. The summed E-state index contributed by atoms with van der Waals surface area (Å²) < 4.78 is 6.87. The maximum atomic E-state index is 12.3. The SMILES string of the molecule is O=c1c2ccccc2ncn1C[C@H](O)COc1ccc(Cl)cc1. The molecule has 0 unspecified atom stereocenters. The molecule has 0 aliphatic carbocycles. The van der Waals surface area contributed by atoms with Crippen LogP contribution in [0, 0.1) is 0 Å². The Morgan fingerprint density at radius 3 is 2.70 bits per heavy atom. The Balaban J connectivity index is 1.68. The zero-order chi connectivity index (χ0) is 16.2. The molecule has 0 radical (unpaired) electrons. The van der Waals surface area contributed by atoms with Gasteiger partial charge in [-0.25, -0.2) is 4.98 Å². The largest absolute Gasteiger partial charge is 0.491 e. The predicted molar refractivity (Wildman–Crippen MR) is 89.0 cm³/mol. The topological polar surface area (TPSA) is 64.4 Å². The van der Waals surface area contributed by atoms with Crippen LogP contribution < -0.4 is 10.3 Å². The number of fused-ring (bicyclic) bond motifs is 1. The highest BCUT2D eigenvalue weighted by Gasteiger charge is 2.10. The number of aliphatic hydroxyl groups is 1. The third kappa shape index (κ3) is 3.70. The summed E-state index contributed by atoms with van der Waals surface area (Å²) in [6.07, 6.45) is 0.613. The van der Waals surface area contributed by atoms with Crippen LogP contribution in [0.1, 0.15) is 0 Å². The molecule has 0 fully saturated rings. The first-order valence-electron chi connectivity index (χ1n) is 7.14. The van der Waals surface area contributed by atoms with Crippen molar-refractivity contribution in [1.29, 1.82) is 0 Å². The molecule has 1 heterocycles. The highest BCUT2D eigenvalue weighted by atomic mass is 35.5. The molecule has 6 heteroatoms. The Kier molecular flexibility index (Phi) is 4.60. The number of hydrogen-bond donors (Lipinski definition) is 1. The zero-order valence-corrected chi connectivity index (χ0v) is 13.0. The second-order valence-electron chi connectivity index (χ2n) is 5.14. The van der Waals surface area contributed by atoms with Crippen LogP contribution in [0.15, 0.2) is 59.7 Å². The van der Waals surface area contributed by atoms with Crippen LogP contribution in [0.4, 0.5) is 0 Å². The van der Waals surface area contributed by atoms with Crippen LogP contribution in [0.3, 0.4) is 0 Å². The molecule has 1 atom stereocenters. The molecule has 0 aliphatic rings. The van der Waals surface area contributed by atoms with Gasteiger partial charge in [0.25, 0.3) is 5.56 Å². The fraction of sp³-hybridized carbons (Fsp3) is 0.176. The Morgan fingerprint density at radius 1 is 1.17 bits per heavy atom. The maximum Gasteiger partial charge on any atom is 0.261 e. The van der Waals surface area contributed by atoms with Gasteiger partial charge in [-0.2, -0.15) is 0 Å². The molecule has 5 nitrogen and oxygen atoms in total. The molecule has 3 rings (SSSR count). The van der Waals surface area contributed by atoms with Crippen molar-refractivity contribution in [3.63, 3.8) is 0 Å². The molecule has 0 saturated carbocycles. The van der Waals surface area contributed by atoms with E-state index in [1.54, 1.807) is 42.5 Å². The van der Waals surface area contributed by atoms with Gasteiger partial charge in [0, 0.05) is 5.02 Å². The van der Waals surface area contributed by atoms with Crippen molar-refractivity contribution in [1.82, 2.24) is 9.55 Å². The van der Waals surface area contributed by atoms with E-state index >= 15 is 0 Å². The molecule has 1 aromatic heterocycles. The first-order chi connectivity index (χ1) is 11.1. The van der Waals surface area contributed by atoms with Crippen molar-refractivity contribution in [3.05, 3.63) is 70.2 Å². The van der Waals surface area contributed by atoms with Gasteiger partial charge in [0.2, 0.25) is 0 Å². The van der Waals surface area contributed by atoms with Crippen molar-refractivity contribution >= 4 is 22.5 Å². The van der Waals surface area contributed by atoms with Crippen LogP contribution in [0.2, 0.25) is 5.02 Å². The van der Waals surface area contributed by atoms with Gasteiger partial charge in [-0.05, 0) is 36.4 Å². The number of nitrogens with zero attached hydrogens (tertiary/aromatic N) is 2. The van der Waals surface area contributed by atoms with E-state index in [0.29, 0.717) is 21.7 Å². The van der Waals surface area contributed by atoms with Gasteiger partial charge in [0.15, 0.2) is 0 Å². The average Bonchev–Trinajstić information content (AvgIpc) is 2.57. The molecular formula is C17H15ClN2O3. The van der Waals surface area contributed by atoms with E-state index < -0.39 is 6.10 Å². The van der Waals surface area contributed by atoms with Crippen LogP contribution >= 0.6 is 11.6 Å². The fourth-order valence-corrected chi connectivity index (χ4v) is 2.37. The minimum atomic E-state index is -0.827. The van der Waals surface area contributed by atoms with E-state index in [-0.39, 0.29) is 18.7 Å². The summed E-state index contributed by atoms with van der Waals surface area (Å²) in [5.74, 6) is 0.609. The molecule has 0 saturated heterocycles. The molecule has 0 spiro atoms. The van der Waals surface area contributed by atoms with Crippen molar-refractivity contribution in [2.45, 2.75) is 12.6 Å². The monoisotopic (exact) mass is 330 g/mol. The molecule has 0 amide bonds. The standard InChI is InChI=1S/C17H15ClN2O3/c18-12-5-7-14(8-6-12)23-10-13(21)9-20-11-19-16-4-2-1-3-15(16)17(20)22/h1-8,11,13,21H,9-10H2/t13-/m0/s1. The number of para-hydroxylation sites is 1. The smallest absolute Gasteiger partial charge is 0.261 e. The number of ether oxygens (including phenoxy) is 1. The summed E-state index contributed by atoms with van der Waals surface area (Å²) in [6, 6.07) is 14.0. The summed E-state index contributed by atoms with van der Waals surface area (Å²) in [4.78, 5) is 16.6. The average molecular weight is 331 g/mol. The van der Waals surface area contributed by atoms with E-state index in [9.17, 15) is 9.90 Å². The Morgan fingerprint density at radius 2 is 1.91 bits per heavy atom. The quantitative estimate of drug-likeness (QED) is 0.780. The van der Waals surface area contributed by atoms with Crippen molar-refractivity contribution in [2.24, 2.45) is 0 Å². The number of halogens is 1. The lowest BCUT2D eigenvalue weighted by Crippen LogP contribution is -2.30. The van der Waals surface area contributed by atoms with E-state index in [4.69, 9.17) is 16.3 Å². The third-order valence-corrected chi connectivity index (χ3v) is 3.65.